The van der Waals surface area contributed by atoms with E-state index in [1.165, 1.54) is 24.3 Å². The molecule has 0 amide bonds. The van der Waals surface area contributed by atoms with Gasteiger partial charge < -0.3 is 9.47 Å². The van der Waals surface area contributed by atoms with Gasteiger partial charge >= 0.3 is 11.9 Å². The van der Waals surface area contributed by atoms with E-state index in [0.29, 0.717) is 11.3 Å². The van der Waals surface area contributed by atoms with E-state index in [1.54, 1.807) is 24.3 Å². The number of methoxy groups -OCH3 is 1. The number of benzene rings is 3. The van der Waals surface area contributed by atoms with Gasteiger partial charge in [0.05, 0.1) is 18.4 Å². The Morgan fingerprint density at radius 3 is 2.36 bits per heavy atom. The number of fused-ring (bicyclic) bond motifs is 1. The molecule has 3 aromatic carbocycles. The van der Waals surface area contributed by atoms with E-state index in [1.807, 2.05) is 30.3 Å². The minimum Gasteiger partial charge on any atom is -0.465 e. The second-order valence-corrected chi connectivity index (χ2v) is 6.34. The number of carbonyl (C=O) groups excluding carboxylic acids is 2. The van der Waals surface area contributed by atoms with Gasteiger partial charge in [0.1, 0.15) is 5.75 Å². The summed E-state index contributed by atoms with van der Waals surface area (Å²) < 4.78 is 9.91. The average molecular weight is 352 g/mol. The molecule has 0 spiro atoms. The van der Waals surface area contributed by atoms with Gasteiger partial charge in [0.25, 0.3) is 0 Å². The van der Waals surface area contributed by atoms with Gasteiger partial charge in [-0.25, -0.2) is 4.79 Å². The fourth-order valence-electron chi connectivity index (χ4n) is 2.34. The van der Waals surface area contributed by atoms with Crippen LogP contribution in [0.4, 0.5) is 0 Å². The quantitative estimate of drug-likeness (QED) is 0.389. The molecule has 0 aliphatic heterocycles. The number of thioether (sulfide) groups is 1. The van der Waals surface area contributed by atoms with Crippen molar-refractivity contribution >= 4 is 34.5 Å². The molecule has 4 nitrogen and oxygen atoms in total. The van der Waals surface area contributed by atoms with Crippen molar-refractivity contribution in [3.05, 3.63) is 72.3 Å². The molecule has 0 radical (unpaired) electrons. The molecule has 0 fully saturated rings. The van der Waals surface area contributed by atoms with Gasteiger partial charge in [-0.15, -0.1) is 11.8 Å². The van der Waals surface area contributed by atoms with Crippen molar-refractivity contribution in [3.8, 4) is 5.75 Å². The maximum absolute atomic E-state index is 12.0. The Morgan fingerprint density at radius 2 is 1.64 bits per heavy atom. The zero-order chi connectivity index (χ0) is 17.6. The Morgan fingerprint density at radius 1 is 0.920 bits per heavy atom. The van der Waals surface area contributed by atoms with Crippen molar-refractivity contribution in [1.82, 2.24) is 0 Å². The maximum Gasteiger partial charge on any atom is 0.337 e. The SMILES string of the molecule is COC(=O)c1ccc(OC(=O)CSc2ccc3ccccc3c2)cc1. The van der Waals surface area contributed by atoms with Crippen LogP contribution in [0.2, 0.25) is 0 Å². The lowest BCUT2D eigenvalue weighted by Crippen LogP contribution is -2.10. The van der Waals surface area contributed by atoms with E-state index in [-0.39, 0.29) is 11.7 Å². The summed E-state index contributed by atoms with van der Waals surface area (Å²) in [5.74, 6) is -0.164. The molecule has 0 unspecified atom stereocenters. The fraction of sp³-hybridized carbons (Fsp3) is 0.100. The summed E-state index contributed by atoms with van der Waals surface area (Å²) >= 11 is 1.43. The number of esters is 2. The molecule has 25 heavy (non-hydrogen) atoms. The van der Waals surface area contributed by atoms with Crippen molar-refractivity contribution in [3.63, 3.8) is 0 Å². The summed E-state index contributed by atoms with van der Waals surface area (Å²) in [4.78, 5) is 24.4. The molecule has 0 aliphatic rings. The van der Waals surface area contributed by atoms with Gasteiger partial charge in [0.2, 0.25) is 0 Å². The predicted molar refractivity (Wildman–Crippen MR) is 98.1 cm³/mol. The number of carbonyl (C=O) groups is 2. The fourth-order valence-corrected chi connectivity index (χ4v) is 3.06. The van der Waals surface area contributed by atoms with Gasteiger partial charge in [0.15, 0.2) is 0 Å². The Balaban J connectivity index is 1.57. The van der Waals surface area contributed by atoms with E-state index < -0.39 is 5.97 Å². The summed E-state index contributed by atoms with van der Waals surface area (Å²) in [6, 6.07) is 20.4. The highest BCUT2D eigenvalue weighted by Crippen LogP contribution is 2.24. The second kappa shape index (κ2) is 7.85. The molecule has 126 valence electrons. The summed E-state index contributed by atoms with van der Waals surface area (Å²) in [5, 5.41) is 2.30. The minimum absolute atomic E-state index is 0.205. The maximum atomic E-state index is 12.0. The third kappa shape index (κ3) is 4.39. The van der Waals surface area contributed by atoms with Crippen LogP contribution in [-0.2, 0) is 9.53 Å². The predicted octanol–water partition coefficient (Wildman–Crippen LogP) is 4.32. The molecule has 3 aromatic rings. The van der Waals surface area contributed by atoms with Crippen LogP contribution < -0.4 is 4.74 Å². The van der Waals surface area contributed by atoms with E-state index in [9.17, 15) is 9.59 Å². The molecule has 0 atom stereocenters. The van der Waals surface area contributed by atoms with Gasteiger partial charge in [-0.1, -0.05) is 30.3 Å². The Hall–Kier alpha value is -2.79. The van der Waals surface area contributed by atoms with Crippen LogP contribution >= 0.6 is 11.8 Å². The van der Waals surface area contributed by atoms with Crippen LogP contribution in [0.3, 0.4) is 0 Å². The first kappa shape index (κ1) is 17.0. The van der Waals surface area contributed by atoms with Crippen molar-refractivity contribution in [2.75, 3.05) is 12.9 Å². The molecular weight excluding hydrogens is 336 g/mol. The van der Waals surface area contributed by atoms with Crippen LogP contribution in [0.1, 0.15) is 10.4 Å². The minimum atomic E-state index is -0.426. The smallest absolute Gasteiger partial charge is 0.337 e. The van der Waals surface area contributed by atoms with Crippen molar-refractivity contribution in [1.29, 1.82) is 0 Å². The molecule has 0 aromatic heterocycles. The van der Waals surface area contributed by atoms with E-state index in [2.05, 4.69) is 16.9 Å². The lowest BCUT2D eigenvalue weighted by Gasteiger charge is -2.06. The zero-order valence-corrected chi connectivity index (χ0v) is 14.4. The molecule has 0 aliphatic carbocycles. The first-order valence-corrected chi connectivity index (χ1v) is 8.65. The molecular formula is C20H16O4S. The average Bonchev–Trinajstić information content (AvgIpc) is 2.66. The van der Waals surface area contributed by atoms with Crippen LogP contribution in [-0.4, -0.2) is 24.8 Å². The number of hydrogen-bond donors (Lipinski definition) is 0. The number of hydrogen-bond acceptors (Lipinski definition) is 5. The van der Waals surface area contributed by atoms with Crippen LogP contribution in [0, 0.1) is 0 Å². The van der Waals surface area contributed by atoms with Crippen molar-refractivity contribution < 1.29 is 19.1 Å². The van der Waals surface area contributed by atoms with Crippen LogP contribution in [0.25, 0.3) is 10.8 Å². The Kier molecular flexibility index (Phi) is 5.36. The second-order valence-electron chi connectivity index (χ2n) is 5.29. The highest BCUT2D eigenvalue weighted by Gasteiger charge is 2.09. The third-order valence-electron chi connectivity index (χ3n) is 3.58. The van der Waals surface area contributed by atoms with Gasteiger partial charge in [-0.05, 0) is 47.2 Å². The topological polar surface area (TPSA) is 52.6 Å². The number of ether oxygens (including phenoxy) is 2. The standard InChI is InChI=1S/C20H16O4S/c1-23-20(22)15-6-9-17(10-7-15)24-19(21)13-25-18-11-8-14-4-2-3-5-16(14)12-18/h2-12H,13H2,1H3. The summed E-state index contributed by atoms with van der Waals surface area (Å²) in [6.45, 7) is 0. The molecule has 0 saturated carbocycles. The Bertz CT molecular complexity index is 903. The largest absolute Gasteiger partial charge is 0.465 e. The lowest BCUT2D eigenvalue weighted by atomic mass is 10.1. The first-order chi connectivity index (χ1) is 12.2. The summed E-state index contributed by atoms with van der Waals surface area (Å²) in [6.07, 6.45) is 0. The monoisotopic (exact) mass is 352 g/mol. The highest BCUT2D eigenvalue weighted by atomic mass is 32.2. The van der Waals surface area contributed by atoms with E-state index in [0.717, 1.165) is 10.3 Å². The highest BCUT2D eigenvalue weighted by molar-refractivity contribution is 8.00. The lowest BCUT2D eigenvalue weighted by molar-refractivity contribution is -0.131. The first-order valence-electron chi connectivity index (χ1n) is 7.66. The van der Waals surface area contributed by atoms with Crippen LogP contribution in [0.5, 0.6) is 5.75 Å². The normalized spacial score (nSPS) is 10.4. The molecule has 0 N–H and O–H groups in total. The van der Waals surface area contributed by atoms with Crippen molar-refractivity contribution in [2.24, 2.45) is 0 Å². The van der Waals surface area contributed by atoms with E-state index >= 15 is 0 Å². The van der Waals surface area contributed by atoms with Gasteiger partial charge in [-0.3, -0.25) is 4.79 Å². The van der Waals surface area contributed by atoms with Gasteiger partial charge in [0, 0.05) is 4.90 Å². The summed E-state index contributed by atoms with van der Waals surface area (Å²) in [7, 11) is 1.32. The van der Waals surface area contributed by atoms with E-state index in [4.69, 9.17) is 4.74 Å². The van der Waals surface area contributed by atoms with Crippen molar-refractivity contribution in [2.45, 2.75) is 4.90 Å². The molecule has 0 saturated heterocycles. The third-order valence-corrected chi connectivity index (χ3v) is 4.55. The number of rotatable bonds is 5. The van der Waals surface area contributed by atoms with Crippen LogP contribution in [0.15, 0.2) is 71.6 Å². The summed E-state index contributed by atoms with van der Waals surface area (Å²) in [5.41, 5.74) is 0.410. The molecule has 3 rings (SSSR count). The Labute approximate surface area is 149 Å². The molecule has 0 heterocycles. The molecule has 0 bridgehead atoms. The molecule has 5 heteroatoms. The zero-order valence-electron chi connectivity index (χ0n) is 13.6. The van der Waals surface area contributed by atoms with Gasteiger partial charge in [-0.2, -0.15) is 0 Å².